The molecule has 0 atom stereocenters. The highest BCUT2D eigenvalue weighted by molar-refractivity contribution is 7.73. The van der Waals surface area contributed by atoms with Crippen LogP contribution in [0.15, 0.2) is 4.99 Å². The van der Waals surface area contributed by atoms with E-state index in [9.17, 15) is 4.79 Å². The van der Waals surface area contributed by atoms with Crippen LogP contribution in [-0.4, -0.2) is 22.1 Å². The molecule has 1 radical (unpaired) electrons. The Hall–Kier alpha value is -1.54. The van der Waals surface area contributed by atoms with Gasteiger partial charge in [0.1, 0.15) is 4.88 Å². The molecule has 0 saturated carbocycles. The van der Waals surface area contributed by atoms with E-state index in [1.54, 1.807) is 0 Å². The number of carbonyl (C=O) groups excluding carboxylic acids is 1. The van der Waals surface area contributed by atoms with Crippen molar-refractivity contribution in [3.05, 3.63) is 8.83 Å². The van der Waals surface area contributed by atoms with Crippen molar-refractivity contribution in [2.24, 2.45) is 10.7 Å². The van der Waals surface area contributed by atoms with E-state index in [-0.39, 0.29) is 11.7 Å². The van der Waals surface area contributed by atoms with E-state index in [0.717, 1.165) is 6.42 Å². The number of fused-ring (bicyclic) bond motifs is 1. The van der Waals surface area contributed by atoms with E-state index >= 15 is 0 Å². The molecule has 1 aliphatic heterocycles. The normalized spacial score (nSPS) is 13.9. The average molecular weight is 268 g/mol. The standard InChI is InChI=1S/C9H10N5OS2/c1-2-3-14-8-4(17-9(14)16)5(10)12-7(13-8)6(11)15/h10H,2-3H2,1H3,(H2,11,15). The smallest absolute Gasteiger partial charge is 0.286 e. The highest BCUT2D eigenvalue weighted by Gasteiger charge is 2.26. The first-order valence-electron chi connectivity index (χ1n) is 4.97. The van der Waals surface area contributed by atoms with Gasteiger partial charge in [0.2, 0.25) is 5.84 Å². The molecule has 1 aromatic heterocycles. The summed E-state index contributed by atoms with van der Waals surface area (Å²) >= 11 is 6.48. The van der Waals surface area contributed by atoms with E-state index in [0.29, 0.717) is 21.2 Å². The van der Waals surface area contributed by atoms with Gasteiger partial charge in [0.25, 0.3) is 5.91 Å². The summed E-state index contributed by atoms with van der Waals surface area (Å²) < 4.78 is 2.44. The van der Waals surface area contributed by atoms with Crippen LogP contribution in [0.25, 0.3) is 0 Å². The average Bonchev–Trinajstić information content (AvgIpc) is 2.57. The van der Waals surface area contributed by atoms with Gasteiger partial charge in [-0.15, -0.1) is 0 Å². The fourth-order valence-electron chi connectivity index (χ4n) is 1.48. The molecule has 3 N–H and O–H groups in total. The fourth-order valence-corrected chi connectivity index (χ4v) is 2.76. The molecule has 17 heavy (non-hydrogen) atoms. The summed E-state index contributed by atoms with van der Waals surface area (Å²) in [4.78, 5) is 15.7. The lowest BCUT2D eigenvalue weighted by atomic mass is 10.3. The molecule has 1 amide bonds. The zero-order valence-electron chi connectivity index (χ0n) is 9.06. The number of aliphatic imine (C=N–C) groups is 1. The number of amides is 1. The number of nitrogens with two attached hydrogens (primary N) is 1. The molecule has 0 saturated heterocycles. The molecule has 0 fully saturated rings. The summed E-state index contributed by atoms with van der Waals surface area (Å²) in [5.41, 5.74) is 5.13. The summed E-state index contributed by atoms with van der Waals surface area (Å²) in [6, 6.07) is 0. The number of amidine groups is 2. The van der Waals surface area contributed by atoms with E-state index in [1.165, 1.54) is 11.3 Å². The fraction of sp³-hybridized carbons (Fsp3) is 0.333. The Bertz CT molecular complexity index is 583. The van der Waals surface area contributed by atoms with Gasteiger partial charge in [-0.25, -0.2) is 10.3 Å². The number of hydrogen-bond acceptors (Lipinski definition) is 5. The number of aromatic nitrogens is 1. The first-order chi connectivity index (χ1) is 8.04. The Labute approximate surface area is 107 Å². The third kappa shape index (κ3) is 2.01. The largest absolute Gasteiger partial charge is 0.363 e. The van der Waals surface area contributed by atoms with Crippen molar-refractivity contribution >= 4 is 47.0 Å². The lowest BCUT2D eigenvalue weighted by Crippen LogP contribution is -2.36. The minimum Gasteiger partial charge on any atom is -0.363 e. The third-order valence-corrected chi connectivity index (χ3v) is 3.63. The topological polar surface area (TPSA) is 98.3 Å². The number of nitrogens with zero attached hydrogens (tertiary/aromatic N) is 3. The first kappa shape index (κ1) is 11.9. The van der Waals surface area contributed by atoms with Crippen molar-refractivity contribution in [2.75, 3.05) is 0 Å². The van der Waals surface area contributed by atoms with E-state index < -0.39 is 5.91 Å². The van der Waals surface area contributed by atoms with Gasteiger partial charge in [0, 0.05) is 6.54 Å². The number of rotatable bonds is 3. The minimum absolute atomic E-state index is 0.00486. The van der Waals surface area contributed by atoms with Crippen molar-refractivity contribution in [3.63, 3.8) is 0 Å². The molecular formula is C9H10N5OS2. The van der Waals surface area contributed by atoms with Crippen molar-refractivity contribution in [1.29, 1.82) is 5.41 Å². The second kappa shape index (κ2) is 4.38. The SMILES string of the molecule is CCCn1c2c(sc1=S)C(=N)[N]C(C(N)=O)=N2. The van der Waals surface area contributed by atoms with Crippen LogP contribution in [0.5, 0.6) is 0 Å². The third-order valence-electron chi connectivity index (χ3n) is 2.18. The van der Waals surface area contributed by atoms with Crippen LogP contribution in [0.2, 0.25) is 0 Å². The maximum Gasteiger partial charge on any atom is 0.286 e. The number of primary amides is 1. The summed E-state index contributed by atoms with van der Waals surface area (Å²) in [5.74, 6) is -0.355. The van der Waals surface area contributed by atoms with Crippen molar-refractivity contribution < 1.29 is 4.79 Å². The van der Waals surface area contributed by atoms with E-state index in [1.807, 2.05) is 11.5 Å². The summed E-state index contributed by atoms with van der Waals surface area (Å²) in [7, 11) is 0. The minimum atomic E-state index is -0.736. The zero-order valence-corrected chi connectivity index (χ0v) is 10.7. The summed E-state index contributed by atoms with van der Waals surface area (Å²) in [6.45, 7) is 2.72. The lowest BCUT2D eigenvalue weighted by Gasteiger charge is -2.12. The summed E-state index contributed by atoms with van der Waals surface area (Å²) in [6.07, 6.45) is 0.892. The van der Waals surface area contributed by atoms with Crippen LogP contribution >= 0.6 is 23.6 Å². The molecule has 1 aliphatic rings. The highest BCUT2D eigenvalue weighted by atomic mass is 32.1. The van der Waals surface area contributed by atoms with Crippen LogP contribution in [0, 0.1) is 9.36 Å². The number of thiazole rings is 1. The molecule has 89 valence electrons. The quantitative estimate of drug-likeness (QED) is 0.804. The molecule has 0 spiro atoms. The Kier molecular flexibility index (Phi) is 3.07. The van der Waals surface area contributed by atoms with Gasteiger partial charge in [-0.1, -0.05) is 18.3 Å². The molecule has 0 unspecified atom stereocenters. The van der Waals surface area contributed by atoms with Gasteiger partial charge in [0.15, 0.2) is 15.6 Å². The Morgan fingerprint density at radius 1 is 1.65 bits per heavy atom. The predicted molar refractivity (Wildman–Crippen MR) is 68.7 cm³/mol. The summed E-state index contributed by atoms with van der Waals surface area (Å²) in [5, 5.41) is 11.5. The maximum atomic E-state index is 11.1. The van der Waals surface area contributed by atoms with Gasteiger partial charge < -0.3 is 10.3 Å². The second-order valence-corrected chi connectivity index (χ2v) is 5.08. The van der Waals surface area contributed by atoms with E-state index in [4.69, 9.17) is 23.4 Å². The van der Waals surface area contributed by atoms with Crippen LogP contribution < -0.4 is 11.1 Å². The monoisotopic (exact) mass is 268 g/mol. The van der Waals surface area contributed by atoms with Crippen LogP contribution in [-0.2, 0) is 11.3 Å². The maximum absolute atomic E-state index is 11.1. The van der Waals surface area contributed by atoms with Crippen molar-refractivity contribution in [2.45, 2.75) is 19.9 Å². The van der Waals surface area contributed by atoms with Crippen molar-refractivity contribution in [3.8, 4) is 0 Å². The predicted octanol–water partition coefficient (Wildman–Crippen LogP) is 1.15. The van der Waals surface area contributed by atoms with Gasteiger partial charge >= 0.3 is 0 Å². The zero-order chi connectivity index (χ0) is 12.6. The molecule has 0 aromatic carbocycles. The number of nitrogens with one attached hydrogen (secondary N) is 1. The number of hydrogen-bond donors (Lipinski definition) is 2. The van der Waals surface area contributed by atoms with Gasteiger partial charge in [0.05, 0.1) is 0 Å². The van der Waals surface area contributed by atoms with Crippen LogP contribution in [0.3, 0.4) is 0 Å². The Balaban J connectivity index is 2.61. The molecule has 1 aromatic rings. The van der Waals surface area contributed by atoms with Crippen LogP contribution in [0.1, 0.15) is 18.2 Å². The van der Waals surface area contributed by atoms with Gasteiger partial charge in [-0.2, -0.15) is 0 Å². The van der Waals surface area contributed by atoms with Crippen LogP contribution in [0.4, 0.5) is 5.82 Å². The second-order valence-electron chi connectivity index (χ2n) is 3.43. The lowest BCUT2D eigenvalue weighted by molar-refractivity contribution is -0.112. The molecular weight excluding hydrogens is 258 g/mol. The number of carbonyl (C=O) groups is 1. The molecule has 0 aliphatic carbocycles. The molecule has 2 rings (SSSR count). The molecule has 8 heteroatoms. The Morgan fingerprint density at radius 3 is 2.94 bits per heavy atom. The van der Waals surface area contributed by atoms with Gasteiger partial charge in [-0.05, 0) is 18.6 Å². The Morgan fingerprint density at radius 2 is 2.35 bits per heavy atom. The van der Waals surface area contributed by atoms with Crippen molar-refractivity contribution in [1.82, 2.24) is 9.88 Å². The highest BCUT2D eigenvalue weighted by Crippen LogP contribution is 2.30. The van der Waals surface area contributed by atoms with E-state index in [2.05, 4.69) is 10.3 Å². The first-order valence-corrected chi connectivity index (χ1v) is 6.19. The molecule has 6 nitrogen and oxygen atoms in total. The van der Waals surface area contributed by atoms with Gasteiger partial charge in [-0.3, -0.25) is 10.2 Å². The molecule has 2 heterocycles. The molecule has 0 bridgehead atoms.